The van der Waals surface area contributed by atoms with Gasteiger partial charge in [0.2, 0.25) is 5.91 Å². The lowest BCUT2D eigenvalue weighted by atomic mass is 9.88. The summed E-state index contributed by atoms with van der Waals surface area (Å²) in [6, 6.07) is 28.6. The molecule has 0 spiro atoms. The van der Waals surface area contributed by atoms with Crippen LogP contribution in [0.1, 0.15) is 34.6 Å². The number of nitro benzene ring substituents is 1. The van der Waals surface area contributed by atoms with E-state index in [0.717, 1.165) is 33.2 Å². The summed E-state index contributed by atoms with van der Waals surface area (Å²) in [6.45, 7) is 0.999. The molecule has 0 bridgehead atoms. The molecule has 0 aliphatic rings. The maximum Gasteiger partial charge on any atom is 0.270 e. The first-order valence-corrected chi connectivity index (χ1v) is 12.1. The second kappa shape index (κ2) is 10.9. The SMILES string of the molecule is O=C(C[C@@H](c1ccccc1)c1cn(Cc2ccccc2)c2ccc([N+](=O)[O-])cc12)NCc1cccnc1. The molecule has 0 aliphatic heterocycles. The van der Waals surface area contributed by atoms with Crippen molar-refractivity contribution in [1.82, 2.24) is 14.9 Å². The maximum absolute atomic E-state index is 13.1. The third-order valence-electron chi connectivity index (χ3n) is 6.48. The average Bonchev–Trinajstić information content (AvgIpc) is 3.29. The van der Waals surface area contributed by atoms with E-state index in [0.29, 0.717) is 13.1 Å². The number of pyridine rings is 1. The van der Waals surface area contributed by atoms with Gasteiger partial charge in [0, 0.05) is 67.1 Å². The molecule has 0 saturated heterocycles. The summed E-state index contributed by atoms with van der Waals surface area (Å²) < 4.78 is 2.10. The van der Waals surface area contributed by atoms with Gasteiger partial charge in [-0.2, -0.15) is 0 Å². The molecule has 5 aromatic rings. The quantitative estimate of drug-likeness (QED) is 0.208. The van der Waals surface area contributed by atoms with Crippen LogP contribution in [-0.2, 0) is 17.9 Å². The van der Waals surface area contributed by atoms with Crippen LogP contribution >= 0.6 is 0 Å². The van der Waals surface area contributed by atoms with Crippen molar-refractivity contribution < 1.29 is 9.72 Å². The molecule has 2 heterocycles. The Kier molecular flexibility index (Phi) is 7.03. The zero-order chi connectivity index (χ0) is 25.6. The number of benzene rings is 3. The predicted octanol–water partition coefficient (Wildman–Crippen LogP) is 5.83. The highest BCUT2D eigenvalue weighted by molar-refractivity contribution is 5.88. The van der Waals surface area contributed by atoms with E-state index in [2.05, 4.69) is 27.0 Å². The van der Waals surface area contributed by atoms with Crippen LogP contribution in [0.15, 0.2) is 110 Å². The fourth-order valence-corrected chi connectivity index (χ4v) is 4.67. The molecule has 3 aromatic carbocycles. The van der Waals surface area contributed by atoms with Gasteiger partial charge in [-0.05, 0) is 34.4 Å². The Bertz CT molecular complexity index is 1520. The molecule has 1 amide bonds. The number of carbonyl (C=O) groups excluding carboxylic acids is 1. The highest BCUT2D eigenvalue weighted by Crippen LogP contribution is 2.36. The van der Waals surface area contributed by atoms with Gasteiger partial charge in [0.05, 0.1) is 4.92 Å². The fourth-order valence-electron chi connectivity index (χ4n) is 4.67. The first kappa shape index (κ1) is 23.9. The van der Waals surface area contributed by atoms with Crippen LogP contribution in [0.4, 0.5) is 5.69 Å². The number of nitrogens with one attached hydrogen (secondary N) is 1. The van der Waals surface area contributed by atoms with Crippen LogP contribution < -0.4 is 5.32 Å². The van der Waals surface area contributed by atoms with Gasteiger partial charge in [-0.25, -0.2) is 0 Å². The van der Waals surface area contributed by atoms with E-state index in [4.69, 9.17) is 0 Å². The van der Waals surface area contributed by atoms with Crippen LogP contribution in [0, 0.1) is 10.1 Å². The van der Waals surface area contributed by atoms with E-state index in [9.17, 15) is 14.9 Å². The molecule has 37 heavy (non-hydrogen) atoms. The number of aromatic nitrogens is 2. The second-order valence-electron chi connectivity index (χ2n) is 8.96. The molecule has 0 radical (unpaired) electrons. The third-order valence-corrected chi connectivity index (χ3v) is 6.48. The number of nitro groups is 1. The van der Waals surface area contributed by atoms with Crippen LogP contribution in [0.2, 0.25) is 0 Å². The van der Waals surface area contributed by atoms with Crippen LogP contribution in [0.3, 0.4) is 0 Å². The number of carbonyl (C=O) groups is 1. The first-order chi connectivity index (χ1) is 18.1. The van der Waals surface area contributed by atoms with Crippen molar-refractivity contribution in [2.75, 3.05) is 0 Å². The van der Waals surface area contributed by atoms with Crippen molar-refractivity contribution in [3.63, 3.8) is 0 Å². The van der Waals surface area contributed by atoms with Crippen molar-refractivity contribution in [1.29, 1.82) is 0 Å². The Hall–Kier alpha value is -4.78. The number of non-ortho nitro benzene ring substituents is 1. The summed E-state index contributed by atoms with van der Waals surface area (Å²) >= 11 is 0. The van der Waals surface area contributed by atoms with Crippen LogP contribution in [0.25, 0.3) is 10.9 Å². The van der Waals surface area contributed by atoms with Gasteiger partial charge in [0.1, 0.15) is 0 Å². The Labute approximate surface area is 214 Å². The molecule has 1 N–H and O–H groups in total. The second-order valence-corrected chi connectivity index (χ2v) is 8.96. The molecule has 2 aromatic heterocycles. The van der Waals surface area contributed by atoms with Gasteiger partial charge in [-0.15, -0.1) is 0 Å². The molecular weight excluding hydrogens is 464 g/mol. The number of rotatable bonds is 9. The minimum atomic E-state index is -0.379. The molecule has 5 rings (SSSR count). The zero-order valence-corrected chi connectivity index (χ0v) is 20.2. The average molecular weight is 491 g/mol. The zero-order valence-electron chi connectivity index (χ0n) is 20.2. The van der Waals surface area contributed by atoms with Crippen LogP contribution in [0.5, 0.6) is 0 Å². The summed E-state index contributed by atoms with van der Waals surface area (Å²) in [4.78, 5) is 28.5. The van der Waals surface area contributed by atoms with Crippen molar-refractivity contribution in [3.05, 3.63) is 142 Å². The first-order valence-electron chi connectivity index (χ1n) is 12.1. The van der Waals surface area contributed by atoms with E-state index in [1.807, 2.05) is 66.9 Å². The summed E-state index contributed by atoms with van der Waals surface area (Å²) in [5, 5.41) is 15.4. The molecular formula is C30H26N4O3. The molecule has 0 unspecified atom stereocenters. The number of nitrogens with zero attached hydrogens (tertiary/aromatic N) is 3. The molecule has 0 aliphatic carbocycles. The standard InChI is InChI=1S/C30H26N4O3/c35-30(32-19-23-10-7-15-31-18-23)17-26(24-11-5-2-6-12-24)28-21-33(20-22-8-3-1-4-9-22)29-14-13-25(34(36)37)16-27(28)29/h1-16,18,21,26H,17,19-20H2,(H,32,35)/t26-/m0/s1. The highest BCUT2D eigenvalue weighted by Gasteiger charge is 2.24. The Morgan fingerprint density at radius 2 is 1.68 bits per heavy atom. The predicted molar refractivity (Wildman–Crippen MR) is 143 cm³/mol. The van der Waals surface area contributed by atoms with E-state index in [1.54, 1.807) is 24.5 Å². The van der Waals surface area contributed by atoms with E-state index in [1.165, 1.54) is 6.07 Å². The van der Waals surface area contributed by atoms with Gasteiger partial charge in [0.25, 0.3) is 5.69 Å². The fraction of sp³-hybridized carbons (Fsp3) is 0.133. The molecule has 0 saturated carbocycles. The molecule has 0 fully saturated rings. The number of hydrogen-bond acceptors (Lipinski definition) is 4. The van der Waals surface area contributed by atoms with Crippen LogP contribution in [-0.4, -0.2) is 20.4 Å². The lowest BCUT2D eigenvalue weighted by Crippen LogP contribution is -2.25. The molecule has 7 heteroatoms. The van der Waals surface area contributed by atoms with Crippen molar-refractivity contribution in [2.24, 2.45) is 0 Å². The smallest absolute Gasteiger partial charge is 0.270 e. The lowest BCUT2D eigenvalue weighted by Gasteiger charge is -2.17. The molecule has 184 valence electrons. The third kappa shape index (κ3) is 5.56. The van der Waals surface area contributed by atoms with Crippen molar-refractivity contribution >= 4 is 22.5 Å². The van der Waals surface area contributed by atoms with Gasteiger partial charge < -0.3 is 9.88 Å². The van der Waals surface area contributed by atoms with Gasteiger partial charge in [0.15, 0.2) is 0 Å². The van der Waals surface area contributed by atoms with Crippen molar-refractivity contribution in [2.45, 2.75) is 25.4 Å². The number of hydrogen-bond donors (Lipinski definition) is 1. The van der Waals surface area contributed by atoms with E-state index >= 15 is 0 Å². The molecule has 7 nitrogen and oxygen atoms in total. The number of fused-ring (bicyclic) bond motifs is 1. The molecule has 1 atom stereocenters. The van der Waals surface area contributed by atoms with E-state index in [-0.39, 0.29) is 28.9 Å². The van der Waals surface area contributed by atoms with Crippen molar-refractivity contribution in [3.8, 4) is 0 Å². The Morgan fingerprint density at radius 3 is 2.38 bits per heavy atom. The lowest BCUT2D eigenvalue weighted by molar-refractivity contribution is -0.384. The summed E-state index contributed by atoms with van der Waals surface area (Å²) in [5.74, 6) is -0.385. The maximum atomic E-state index is 13.1. The minimum Gasteiger partial charge on any atom is -0.352 e. The summed E-state index contributed by atoms with van der Waals surface area (Å²) in [6.07, 6.45) is 5.66. The Morgan fingerprint density at radius 1 is 0.946 bits per heavy atom. The van der Waals surface area contributed by atoms with E-state index < -0.39 is 0 Å². The minimum absolute atomic E-state index is 0.0269. The Balaban J connectivity index is 1.54. The largest absolute Gasteiger partial charge is 0.352 e. The number of amides is 1. The topological polar surface area (TPSA) is 90.1 Å². The van der Waals surface area contributed by atoms with Gasteiger partial charge >= 0.3 is 0 Å². The summed E-state index contributed by atoms with van der Waals surface area (Å²) in [7, 11) is 0. The van der Waals surface area contributed by atoms with Gasteiger partial charge in [-0.1, -0.05) is 66.7 Å². The summed E-state index contributed by atoms with van der Waals surface area (Å²) in [5.41, 5.74) is 4.82. The normalized spacial score (nSPS) is 11.8. The highest BCUT2D eigenvalue weighted by atomic mass is 16.6. The monoisotopic (exact) mass is 490 g/mol. The van der Waals surface area contributed by atoms with Gasteiger partial charge in [-0.3, -0.25) is 19.9 Å².